The van der Waals surface area contributed by atoms with Crippen molar-refractivity contribution in [3.63, 3.8) is 0 Å². The van der Waals surface area contributed by atoms with Crippen LogP contribution in [0.5, 0.6) is 0 Å². The van der Waals surface area contributed by atoms with E-state index in [2.05, 4.69) is 52.0 Å². The smallest absolute Gasteiger partial charge is 0.0590 e. The van der Waals surface area contributed by atoms with Gasteiger partial charge in [-0.25, -0.2) is 0 Å². The molecule has 0 amide bonds. The van der Waals surface area contributed by atoms with Crippen LogP contribution in [0, 0.1) is 12.3 Å². The van der Waals surface area contributed by atoms with Gasteiger partial charge in [-0.1, -0.05) is 50.6 Å². The average Bonchev–Trinajstić information content (AvgIpc) is 2.02. The van der Waals surface area contributed by atoms with E-state index >= 15 is 0 Å². The average molecular weight is 211 g/mol. The molecule has 14 heavy (non-hydrogen) atoms. The number of hydrogen-bond acceptors (Lipinski definition) is 0. The summed E-state index contributed by atoms with van der Waals surface area (Å²) in [7, 11) is 0. The first-order valence-corrected chi connectivity index (χ1v) is 5.53. The van der Waals surface area contributed by atoms with Crippen molar-refractivity contribution in [2.24, 2.45) is 5.41 Å². The van der Waals surface area contributed by atoms with Crippen LogP contribution in [0.15, 0.2) is 24.3 Å². The SMILES string of the molecule is Cc1ccc(C(Cl)CC(C)(C)C)cc1. The van der Waals surface area contributed by atoms with Crippen LogP contribution in [-0.4, -0.2) is 0 Å². The van der Waals surface area contributed by atoms with E-state index in [0.717, 1.165) is 6.42 Å². The van der Waals surface area contributed by atoms with Crippen LogP contribution in [0.4, 0.5) is 0 Å². The Morgan fingerprint density at radius 3 is 2.07 bits per heavy atom. The van der Waals surface area contributed by atoms with E-state index in [1.807, 2.05) is 0 Å². The lowest BCUT2D eigenvalue weighted by Gasteiger charge is -2.22. The van der Waals surface area contributed by atoms with E-state index in [1.54, 1.807) is 0 Å². The molecule has 0 spiro atoms. The molecule has 0 heterocycles. The summed E-state index contributed by atoms with van der Waals surface area (Å²) in [5.74, 6) is 0. The van der Waals surface area contributed by atoms with Crippen molar-refractivity contribution < 1.29 is 0 Å². The van der Waals surface area contributed by atoms with Gasteiger partial charge in [-0.2, -0.15) is 0 Å². The summed E-state index contributed by atoms with van der Waals surface area (Å²) < 4.78 is 0. The Bertz CT molecular complexity index is 279. The standard InChI is InChI=1S/C13H19Cl/c1-10-5-7-11(8-6-10)12(14)9-13(2,3)4/h5-8,12H,9H2,1-4H3. The molecule has 1 aromatic carbocycles. The molecular formula is C13H19Cl. The highest BCUT2D eigenvalue weighted by Crippen LogP contribution is 2.33. The number of hydrogen-bond donors (Lipinski definition) is 0. The quantitative estimate of drug-likeness (QED) is 0.621. The maximum Gasteiger partial charge on any atom is 0.0590 e. The first kappa shape index (κ1) is 11.6. The highest BCUT2D eigenvalue weighted by molar-refractivity contribution is 6.20. The Kier molecular flexibility index (Phi) is 3.60. The van der Waals surface area contributed by atoms with Crippen molar-refractivity contribution in [2.45, 2.75) is 39.5 Å². The molecule has 0 saturated heterocycles. The highest BCUT2D eigenvalue weighted by Gasteiger charge is 2.17. The summed E-state index contributed by atoms with van der Waals surface area (Å²) >= 11 is 6.34. The number of halogens is 1. The molecule has 1 heteroatoms. The Morgan fingerprint density at radius 1 is 1.14 bits per heavy atom. The summed E-state index contributed by atoms with van der Waals surface area (Å²) in [5.41, 5.74) is 2.80. The maximum atomic E-state index is 6.34. The minimum absolute atomic E-state index is 0.135. The molecule has 1 unspecified atom stereocenters. The van der Waals surface area contributed by atoms with Gasteiger partial charge in [-0.3, -0.25) is 0 Å². The Hall–Kier alpha value is -0.490. The summed E-state index contributed by atoms with van der Waals surface area (Å²) in [6, 6.07) is 8.48. The van der Waals surface area contributed by atoms with Gasteiger partial charge in [0.1, 0.15) is 0 Å². The van der Waals surface area contributed by atoms with Gasteiger partial charge < -0.3 is 0 Å². The predicted octanol–water partition coefficient (Wildman–Crippen LogP) is 4.71. The molecule has 1 rings (SSSR count). The number of rotatable bonds is 2. The molecule has 78 valence electrons. The van der Waals surface area contributed by atoms with Crippen LogP contribution in [0.1, 0.15) is 43.7 Å². The summed E-state index contributed by atoms with van der Waals surface area (Å²) in [4.78, 5) is 0. The fourth-order valence-corrected chi connectivity index (χ4v) is 2.04. The van der Waals surface area contributed by atoms with Gasteiger partial charge in [0.15, 0.2) is 0 Å². The van der Waals surface area contributed by atoms with Gasteiger partial charge in [-0.15, -0.1) is 11.6 Å². The van der Waals surface area contributed by atoms with E-state index in [9.17, 15) is 0 Å². The van der Waals surface area contributed by atoms with E-state index in [1.165, 1.54) is 11.1 Å². The summed E-state index contributed by atoms with van der Waals surface area (Å²) in [6.45, 7) is 8.75. The molecule has 0 aliphatic rings. The zero-order chi connectivity index (χ0) is 10.8. The van der Waals surface area contributed by atoms with E-state index in [4.69, 9.17) is 11.6 Å². The van der Waals surface area contributed by atoms with Crippen LogP contribution in [0.2, 0.25) is 0 Å². The Balaban J connectivity index is 2.70. The lowest BCUT2D eigenvalue weighted by atomic mass is 9.88. The number of aryl methyl sites for hydroxylation is 1. The Labute approximate surface area is 92.3 Å². The first-order valence-electron chi connectivity index (χ1n) is 5.09. The molecule has 0 saturated carbocycles. The van der Waals surface area contributed by atoms with Crippen LogP contribution in [-0.2, 0) is 0 Å². The lowest BCUT2D eigenvalue weighted by molar-refractivity contribution is 0.372. The lowest BCUT2D eigenvalue weighted by Crippen LogP contribution is -2.08. The molecule has 0 aliphatic carbocycles. The molecule has 0 nitrogen and oxygen atoms in total. The zero-order valence-electron chi connectivity index (χ0n) is 9.47. The normalized spacial score (nSPS) is 14.1. The topological polar surface area (TPSA) is 0 Å². The van der Waals surface area contributed by atoms with E-state index in [0.29, 0.717) is 0 Å². The summed E-state index contributed by atoms with van der Waals surface area (Å²) in [5, 5.41) is 0.135. The van der Waals surface area contributed by atoms with Gasteiger partial charge >= 0.3 is 0 Å². The zero-order valence-corrected chi connectivity index (χ0v) is 10.2. The van der Waals surface area contributed by atoms with Crippen LogP contribution >= 0.6 is 11.6 Å². The van der Waals surface area contributed by atoms with Gasteiger partial charge in [0.2, 0.25) is 0 Å². The van der Waals surface area contributed by atoms with Crippen molar-refractivity contribution in [3.8, 4) is 0 Å². The fourth-order valence-electron chi connectivity index (χ4n) is 1.43. The van der Waals surface area contributed by atoms with Gasteiger partial charge in [-0.05, 0) is 24.3 Å². The van der Waals surface area contributed by atoms with Crippen LogP contribution in [0.3, 0.4) is 0 Å². The van der Waals surface area contributed by atoms with Gasteiger partial charge in [0.25, 0.3) is 0 Å². The largest absolute Gasteiger partial charge is 0.118 e. The second-order valence-corrected chi connectivity index (χ2v) is 5.67. The molecule has 0 aliphatic heterocycles. The van der Waals surface area contributed by atoms with Crippen molar-refractivity contribution in [1.29, 1.82) is 0 Å². The molecule has 0 radical (unpaired) electrons. The first-order chi connectivity index (χ1) is 6.38. The monoisotopic (exact) mass is 210 g/mol. The van der Waals surface area contributed by atoms with Crippen LogP contribution < -0.4 is 0 Å². The van der Waals surface area contributed by atoms with E-state index in [-0.39, 0.29) is 10.8 Å². The van der Waals surface area contributed by atoms with Gasteiger partial charge in [0.05, 0.1) is 5.38 Å². The molecule has 1 aromatic rings. The fraction of sp³-hybridized carbons (Fsp3) is 0.538. The molecule has 0 bridgehead atoms. The molecule has 1 atom stereocenters. The molecule has 0 N–H and O–H groups in total. The third-order valence-electron chi connectivity index (χ3n) is 2.23. The van der Waals surface area contributed by atoms with Crippen molar-refractivity contribution in [2.75, 3.05) is 0 Å². The predicted molar refractivity (Wildman–Crippen MR) is 63.8 cm³/mol. The maximum absolute atomic E-state index is 6.34. The van der Waals surface area contributed by atoms with Crippen molar-refractivity contribution >= 4 is 11.6 Å². The third-order valence-corrected chi connectivity index (χ3v) is 2.64. The second-order valence-electron chi connectivity index (χ2n) is 5.14. The molecule has 0 fully saturated rings. The highest BCUT2D eigenvalue weighted by atomic mass is 35.5. The minimum atomic E-state index is 0.135. The molecule has 0 aromatic heterocycles. The number of alkyl halides is 1. The minimum Gasteiger partial charge on any atom is -0.118 e. The van der Waals surface area contributed by atoms with Crippen molar-refractivity contribution in [3.05, 3.63) is 35.4 Å². The van der Waals surface area contributed by atoms with Gasteiger partial charge in [0, 0.05) is 0 Å². The molecular weight excluding hydrogens is 192 g/mol. The van der Waals surface area contributed by atoms with Crippen LogP contribution in [0.25, 0.3) is 0 Å². The summed E-state index contributed by atoms with van der Waals surface area (Å²) in [6.07, 6.45) is 1.01. The number of benzene rings is 1. The van der Waals surface area contributed by atoms with E-state index < -0.39 is 0 Å². The van der Waals surface area contributed by atoms with Crippen molar-refractivity contribution in [1.82, 2.24) is 0 Å². The Morgan fingerprint density at radius 2 is 1.64 bits per heavy atom. The third kappa shape index (κ3) is 3.71. The second kappa shape index (κ2) is 4.35.